The minimum Gasteiger partial charge on any atom is -0.493 e. The van der Waals surface area contributed by atoms with E-state index in [2.05, 4.69) is 0 Å². The Kier molecular flexibility index (Phi) is 6.62. The van der Waals surface area contributed by atoms with Gasteiger partial charge in [0.1, 0.15) is 17.3 Å². The molecule has 8 heteroatoms. The lowest BCUT2D eigenvalue weighted by molar-refractivity contribution is 0.0664. The van der Waals surface area contributed by atoms with Gasteiger partial charge in [0.25, 0.3) is 0 Å². The molecule has 1 saturated heterocycles. The maximum Gasteiger partial charge on any atom is 0.203 e. The van der Waals surface area contributed by atoms with Crippen LogP contribution >= 0.6 is 0 Å². The van der Waals surface area contributed by atoms with Gasteiger partial charge in [0.2, 0.25) is 5.75 Å². The van der Waals surface area contributed by atoms with Gasteiger partial charge in [-0.3, -0.25) is 14.4 Å². The van der Waals surface area contributed by atoms with Crippen LogP contribution in [0, 0.1) is 18.2 Å². The fourth-order valence-electron chi connectivity index (χ4n) is 7.55. The van der Waals surface area contributed by atoms with Crippen molar-refractivity contribution in [2.75, 3.05) is 26.2 Å². The number of rotatable bonds is 6. The average Bonchev–Trinajstić information content (AvgIpc) is 3.49. The van der Waals surface area contributed by atoms with Crippen LogP contribution < -0.4 is 19.1 Å². The predicted octanol–water partition coefficient (Wildman–Crippen LogP) is 6.48. The molecule has 1 spiro atoms. The van der Waals surface area contributed by atoms with E-state index in [4.69, 9.17) is 14.2 Å². The number of nitrogens with zero attached hydrogens (tertiary/aromatic N) is 1. The summed E-state index contributed by atoms with van der Waals surface area (Å²) in [7, 11) is 4.44. The Balaban J connectivity index is 1.59. The van der Waals surface area contributed by atoms with E-state index >= 15 is 0 Å². The largest absolute Gasteiger partial charge is 0.493 e. The van der Waals surface area contributed by atoms with Crippen LogP contribution in [-0.4, -0.2) is 50.8 Å². The fraction of sp³-hybridized carbons (Fsp3) is 0.216. The van der Waals surface area contributed by atoms with Gasteiger partial charge in [-0.2, -0.15) is 0 Å². The summed E-state index contributed by atoms with van der Waals surface area (Å²) in [6.07, 6.45) is 3.48. The standard InChI is InChI=1S/C37H30FNO6/c1-20-9-11-21(12-10-20)32(40)31-30(26-15-17-28(43-2)34(45-4)33(26)44-3)37(35(41)24-7-5-6-8-25(24)36(37)42)29-18-13-22-19-23(38)14-16-27(22)39(29)31/h5-19,29-31H,1-4H3/t29?,30-,31+/m0/s1. The van der Waals surface area contributed by atoms with Crippen molar-refractivity contribution in [3.63, 3.8) is 0 Å². The number of hydrogen-bond donors (Lipinski definition) is 0. The van der Waals surface area contributed by atoms with E-state index < -0.39 is 29.2 Å². The highest BCUT2D eigenvalue weighted by atomic mass is 19.1. The number of methoxy groups -OCH3 is 3. The number of carbonyl (C=O) groups is 3. The number of anilines is 1. The molecular formula is C37H30FNO6. The number of Topliss-reactive ketones (excluding diaryl/α,β-unsaturated/α-hetero) is 3. The summed E-state index contributed by atoms with van der Waals surface area (Å²) < 4.78 is 31.7. The number of halogens is 1. The second-order valence-electron chi connectivity index (χ2n) is 11.6. The molecule has 7 rings (SSSR count). The normalized spacial score (nSPS) is 20.6. The molecule has 7 nitrogen and oxygen atoms in total. The fourth-order valence-corrected chi connectivity index (χ4v) is 7.55. The van der Waals surface area contributed by atoms with Crippen LogP contribution in [-0.2, 0) is 0 Å². The minimum atomic E-state index is -1.76. The Morgan fingerprint density at radius 3 is 2.11 bits per heavy atom. The van der Waals surface area contributed by atoms with Gasteiger partial charge >= 0.3 is 0 Å². The van der Waals surface area contributed by atoms with Gasteiger partial charge in [-0.15, -0.1) is 0 Å². The second-order valence-corrected chi connectivity index (χ2v) is 11.6. The highest BCUT2D eigenvalue weighted by molar-refractivity contribution is 6.32. The van der Waals surface area contributed by atoms with Crippen molar-refractivity contribution in [1.82, 2.24) is 0 Å². The first-order valence-electron chi connectivity index (χ1n) is 14.6. The van der Waals surface area contributed by atoms with Gasteiger partial charge in [-0.05, 0) is 31.2 Å². The molecular weight excluding hydrogens is 573 g/mol. The molecule has 4 aromatic carbocycles. The van der Waals surface area contributed by atoms with E-state index in [0.717, 1.165) is 5.56 Å². The van der Waals surface area contributed by atoms with Gasteiger partial charge in [0.15, 0.2) is 28.8 Å². The summed E-state index contributed by atoms with van der Waals surface area (Å²) in [6, 6.07) is 19.8. The Bertz CT molecular complexity index is 1900. The lowest BCUT2D eigenvalue weighted by Crippen LogP contribution is -2.48. The summed E-state index contributed by atoms with van der Waals surface area (Å²) in [5.41, 5.74) is 1.77. The maximum atomic E-state index is 14.9. The Labute approximate surface area is 259 Å². The van der Waals surface area contributed by atoms with Crippen molar-refractivity contribution in [2.45, 2.75) is 24.9 Å². The highest BCUT2D eigenvalue weighted by Gasteiger charge is 2.72. The maximum absolute atomic E-state index is 14.9. The Morgan fingerprint density at radius 2 is 1.49 bits per heavy atom. The first kappa shape index (κ1) is 28.5. The van der Waals surface area contributed by atoms with Crippen molar-refractivity contribution >= 4 is 29.1 Å². The molecule has 4 aromatic rings. The highest BCUT2D eigenvalue weighted by Crippen LogP contribution is 2.63. The molecule has 0 N–H and O–H groups in total. The predicted molar refractivity (Wildman–Crippen MR) is 167 cm³/mol. The number of ketones is 3. The topological polar surface area (TPSA) is 82.1 Å². The molecule has 1 fully saturated rings. The molecule has 0 amide bonds. The number of ether oxygens (including phenoxy) is 3. The van der Waals surface area contributed by atoms with Gasteiger partial charge in [0, 0.05) is 39.4 Å². The van der Waals surface area contributed by atoms with Crippen molar-refractivity contribution in [3.05, 3.63) is 124 Å². The molecule has 3 atom stereocenters. The van der Waals surface area contributed by atoms with Gasteiger partial charge in [0.05, 0.1) is 27.4 Å². The van der Waals surface area contributed by atoms with Crippen LogP contribution in [0.1, 0.15) is 53.7 Å². The molecule has 45 heavy (non-hydrogen) atoms. The van der Waals surface area contributed by atoms with Crippen LogP contribution in [0.4, 0.5) is 10.1 Å². The molecule has 3 aliphatic rings. The van der Waals surface area contributed by atoms with E-state index in [0.29, 0.717) is 39.3 Å². The van der Waals surface area contributed by atoms with Crippen LogP contribution in [0.2, 0.25) is 0 Å². The zero-order valence-electron chi connectivity index (χ0n) is 25.2. The zero-order chi connectivity index (χ0) is 31.6. The molecule has 1 unspecified atom stereocenters. The van der Waals surface area contributed by atoms with Crippen molar-refractivity contribution in [1.29, 1.82) is 0 Å². The van der Waals surface area contributed by atoms with E-state index in [1.54, 1.807) is 66.7 Å². The number of fused-ring (bicyclic) bond motifs is 5. The quantitative estimate of drug-likeness (QED) is 0.184. The number of aryl methyl sites for hydroxylation is 1. The smallest absolute Gasteiger partial charge is 0.203 e. The van der Waals surface area contributed by atoms with Crippen LogP contribution in [0.25, 0.3) is 6.08 Å². The zero-order valence-corrected chi connectivity index (χ0v) is 25.2. The molecule has 0 bridgehead atoms. The van der Waals surface area contributed by atoms with Crippen LogP contribution in [0.15, 0.2) is 84.9 Å². The summed E-state index contributed by atoms with van der Waals surface area (Å²) in [4.78, 5) is 46.6. The van der Waals surface area contributed by atoms with Crippen LogP contribution in [0.3, 0.4) is 0 Å². The number of hydrogen-bond acceptors (Lipinski definition) is 7. The number of benzene rings is 4. The van der Waals surface area contributed by atoms with Crippen LogP contribution in [0.5, 0.6) is 17.2 Å². The lowest BCUT2D eigenvalue weighted by atomic mass is 9.64. The third kappa shape index (κ3) is 3.84. The van der Waals surface area contributed by atoms with E-state index in [-0.39, 0.29) is 28.8 Å². The monoisotopic (exact) mass is 603 g/mol. The lowest BCUT2D eigenvalue weighted by Gasteiger charge is -2.37. The van der Waals surface area contributed by atoms with E-state index in [1.807, 2.05) is 24.0 Å². The molecule has 2 heterocycles. The van der Waals surface area contributed by atoms with Crippen molar-refractivity contribution < 1.29 is 33.0 Å². The SMILES string of the molecule is COc1ccc([C@H]2[C@H](C(=O)c3ccc(C)cc3)N3c4ccc(F)cc4C=CC3C23C(=O)c2ccccc2C3=O)c(OC)c1OC. The molecule has 0 saturated carbocycles. The minimum absolute atomic E-state index is 0.252. The van der Waals surface area contributed by atoms with E-state index in [9.17, 15) is 18.8 Å². The Hall–Kier alpha value is -5.24. The molecule has 226 valence electrons. The van der Waals surface area contributed by atoms with Gasteiger partial charge < -0.3 is 19.1 Å². The second kappa shape index (κ2) is 10.4. The first-order chi connectivity index (χ1) is 21.8. The van der Waals surface area contributed by atoms with Crippen molar-refractivity contribution in [3.8, 4) is 17.2 Å². The van der Waals surface area contributed by atoms with E-state index in [1.165, 1.54) is 33.5 Å². The summed E-state index contributed by atoms with van der Waals surface area (Å²) in [5, 5.41) is 0. The molecule has 0 aromatic heterocycles. The third-order valence-electron chi connectivity index (χ3n) is 9.44. The number of carbonyl (C=O) groups excluding carboxylic acids is 3. The van der Waals surface area contributed by atoms with Gasteiger partial charge in [-0.25, -0.2) is 4.39 Å². The molecule has 1 aliphatic carbocycles. The summed E-state index contributed by atoms with van der Waals surface area (Å²) in [6.45, 7) is 1.93. The molecule has 2 aliphatic heterocycles. The molecule has 0 radical (unpaired) electrons. The summed E-state index contributed by atoms with van der Waals surface area (Å²) in [5.74, 6) is -1.62. The van der Waals surface area contributed by atoms with Crippen molar-refractivity contribution in [2.24, 2.45) is 5.41 Å². The summed E-state index contributed by atoms with van der Waals surface area (Å²) >= 11 is 0. The average molecular weight is 604 g/mol. The first-order valence-corrected chi connectivity index (χ1v) is 14.6. The van der Waals surface area contributed by atoms with Gasteiger partial charge in [-0.1, -0.05) is 72.3 Å². The Morgan fingerprint density at radius 1 is 0.822 bits per heavy atom. The third-order valence-corrected chi connectivity index (χ3v) is 9.44.